The smallest absolute Gasteiger partial charge is 0.454 e. The normalized spacial score (nSPS) is 17.2. The van der Waals surface area contributed by atoms with Crippen molar-refractivity contribution in [3.05, 3.63) is 42.5 Å². The van der Waals surface area contributed by atoms with Crippen molar-refractivity contribution in [3.63, 3.8) is 0 Å². The number of amides is 1. The topological polar surface area (TPSA) is 94.2 Å². The van der Waals surface area contributed by atoms with E-state index >= 15 is 0 Å². The molecule has 0 spiro atoms. The van der Waals surface area contributed by atoms with Crippen LogP contribution in [0.1, 0.15) is 12.8 Å². The molecule has 1 saturated heterocycles. The first-order chi connectivity index (χ1) is 15.1. The second-order valence-electron chi connectivity index (χ2n) is 7.26. The molecule has 12 heteroatoms. The molecule has 2 heterocycles. The molecule has 32 heavy (non-hydrogen) atoms. The summed E-state index contributed by atoms with van der Waals surface area (Å²) in [6.07, 6.45) is -4.38. The molecular formula is C20H19F3N2O6S. The third-order valence-electron chi connectivity index (χ3n) is 5.14. The van der Waals surface area contributed by atoms with Gasteiger partial charge in [0.15, 0.2) is 11.5 Å². The number of alkyl halides is 3. The van der Waals surface area contributed by atoms with E-state index in [2.05, 4.69) is 10.1 Å². The van der Waals surface area contributed by atoms with Crippen molar-refractivity contribution in [1.29, 1.82) is 0 Å². The Morgan fingerprint density at radius 2 is 1.78 bits per heavy atom. The van der Waals surface area contributed by atoms with Crippen LogP contribution in [0.5, 0.6) is 17.2 Å². The van der Waals surface area contributed by atoms with Gasteiger partial charge in [0.2, 0.25) is 22.7 Å². The number of carbonyl (C=O) groups excluding carboxylic acids is 1. The molecule has 4 rings (SSSR count). The molecule has 0 atom stereocenters. The van der Waals surface area contributed by atoms with Gasteiger partial charge in [-0.3, -0.25) is 4.79 Å². The number of fused-ring (bicyclic) bond motifs is 1. The maximum absolute atomic E-state index is 12.8. The van der Waals surface area contributed by atoms with Crippen molar-refractivity contribution < 1.29 is 40.6 Å². The summed E-state index contributed by atoms with van der Waals surface area (Å²) < 4.78 is 78.4. The summed E-state index contributed by atoms with van der Waals surface area (Å²) in [7, 11) is -4.03. The van der Waals surface area contributed by atoms with E-state index in [-0.39, 0.29) is 43.5 Å². The highest BCUT2D eigenvalue weighted by atomic mass is 32.2. The summed E-state index contributed by atoms with van der Waals surface area (Å²) in [5, 5.41) is 2.79. The van der Waals surface area contributed by atoms with Crippen LogP contribution in [-0.4, -0.2) is 44.9 Å². The first kappa shape index (κ1) is 22.2. The van der Waals surface area contributed by atoms with Crippen LogP contribution >= 0.6 is 0 Å². The highest BCUT2D eigenvalue weighted by Crippen LogP contribution is 2.35. The Balaban J connectivity index is 1.37. The molecule has 0 aromatic heterocycles. The van der Waals surface area contributed by atoms with Gasteiger partial charge in [0.05, 0.1) is 4.90 Å². The number of nitrogens with zero attached hydrogens (tertiary/aromatic N) is 1. The SMILES string of the molecule is O=C(Nc1ccc2c(c1)OCO2)C1CCN(S(=O)(=O)c2cccc(OC(F)(F)F)c2)CC1. The Hall–Kier alpha value is -2.99. The number of carbonyl (C=O) groups is 1. The number of piperidine rings is 1. The predicted molar refractivity (Wildman–Crippen MR) is 106 cm³/mol. The minimum absolute atomic E-state index is 0.0614. The average molecular weight is 472 g/mol. The van der Waals surface area contributed by atoms with Gasteiger partial charge in [0.25, 0.3) is 0 Å². The Bertz CT molecular complexity index is 1110. The minimum atomic E-state index is -4.92. The molecule has 2 aromatic rings. The van der Waals surface area contributed by atoms with Gasteiger partial charge >= 0.3 is 6.36 Å². The fraction of sp³-hybridized carbons (Fsp3) is 0.350. The number of benzene rings is 2. The van der Waals surface area contributed by atoms with E-state index in [1.807, 2.05) is 0 Å². The van der Waals surface area contributed by atoms with Crippen molar-refractivity contribution in [2.45, 2.75) is 24.1 Å². The van der Waals surface area contributed by atoms with Crippen LogP contribution < -0.4 is 19.5 Å². The second-order valence-corrected chi connectivity index (χ2v) is 9.20. The zero-order valence-electron chi connectivity index (χ0n) is 16.6. The van der Waals surface area contributed by atoms with Crippen molar-refractivity contribution in [3.8, 4) is 17.2 Å². The largest absolute Gasteiger partial charge is 0.573 e. The van der Waals surface area contributed by atoms with Gasteiger partial charge in [0.1, 0.15) is 5.75 Å². The quantitative estimate of drug-likeness (QED) is 0.718. The van der Waals surface area contributed by atoms with Gasteiger partial charge in [-0.2, -0.15) is 4.31 Å². The minimum Gasteiger partial charge on any atom is -0.454 e. The van der Waals surface area contributed by atoms with Crippen molar-refractivity contribution in [1.82, 2.24) is 4.31 Å². The number of anilines is 1. The zero-order chi connectivity index (χ0) is 22.9. The molecule has 1 amide bonds. The summed E-state index contributed by atoms with van der Waals surface area (Å²) in [5.41, 5.74) is 0.538. The number of nitrogens with one attached hydrogen (secondary N) is 1. The van der Waals surface area contributed by atoms with Gasteiger partial charge in [-0.15, -0.1) is 13.2 Å². The van der Waals surface area contributed by atoms with E-state index in [9.17, 15) is 26.4 Å². The molecule has 2 aliphatic rings. The van der Waals surface area contributed by atoms with Gasteiger partial charge in [-0.1, -0.05) is 6.07 Å². The van der Waals surface area contributed by atoms with Crippen molar-refractivity contribution >= 4 is 21.6 Å². The molecule has 0 unspecified atom stereocenters. The highest BCUT2D eigenvalue weighted by Gasteiger charge is 2.34. The summed E-state index contributed by atoms with van der Waals surface area (Å²) in [4.78, 5) is 12.3. The van der Waals surface area contributed by atoms with Gasteiger partial charge < -0.3 is 19.5 Å². The Morgan fingerprint density at radius 1 is 1.06 bits per heavy atom. The number of hydrogen-bond acceptors (Lipinski definition) is 6. The van der Waals surface area contributed by atoms with Crippen molar-refractivity contribution in [2.75, 3.05) is 25.2 Å². The third-order valence-corrected chi connectivity index (χ3v) is 7.04. The second kappa shape index (κ2) is 8.51. The molecule has 2 aromatic carbocycles. The molecule has 0 saturated carbocycles. The zero-order valence-corrected chi connectivity index (χ0v) is 17.4. The molecule has 8 nitrogen and oxygen atoms in total. The summed E-state index contributed by atoms with van der Waals surface area (Å²) in [6.45, 7) is 0.239. The maximum Gasteiger partial charge on any atom is 0.573 e. The third kappa shape index (κ3) is 4.91. The molecular weight excluding hydrogens is 453 g/mol. The lowest BCUT2D eigenvalue weighted by atomic mass is 9.97. The monoisotopic (exact) mass is 472 g/mol. The molecule has 1 N–H and O–H groups in total. The average Bonchev–Trinajstić information content (AvgIpc) is 3.21. The Kier molecular flexibility index (Phi) is 5.91. The fourth-order valence-electron chi connectivity index (χ4n) is 3.56. The van der Waals surface area contributed by atoms with Gasteiger partial charge in [-0.05, 0) is 37.1 Å². The molecule has 1 fully saturated rings. The standard InChI is InChI=1S/C20H19F3N2O6S/c21-20(22,23)31-15-2-1-3-16(11-15)32(27,28)25-8-6-13(7-9-25)19(26)24-14-4-5-17-18(10-14)30-12-29-17/h1-5,10-11,13H,6-9,12H2,(H,24,26). The lowest BCUT2D eigenvalue weighted by Crippen LogP contribution is -2.41. The van der Waals surface area contributed by atoms with Gasteiger partial charge in [-0.25, -0.2) is 8.42 Å². The van der Waals surface area contributed by atoms with Crippen LogP contribution in [0, 0.1) is 5.92 Å². The predicted octanol–water partition coefficient (Wildman–Crippen LogP) is 3.35. The lowest BCUT2D eigenvalue weighted by molar-refractivity contribution is -0.274. The number of ether oxygens (including phenoxy) is 3. The van der Waals surface area contributed by atoms with Crippen LogP contribution in [0.15, 0.2) is 47.4 Å². The summed E-state index contributed by atoms with van der Waals surface area (Å²) >= 11 is 0. The number of rotatable bonds is 5. The van der Waals surface area contributed by atoms with Gasteiger partial charge in [0, 0.05) is 36.8 Å². The molecule has 2 aliphatic heterocycles. The maximum atomic E-state index is 12.8. The van der Waals surface area contributed by atoms with Crippen LogP contribution in [-0.2, 0) is 14.8 Å². The van der Waals surface area contributed by atoms with Crippen LogP contribution in [0.25, 0.3) is 0 Å². The van der Waals surface area contributed by atoms with E-state index in [4.69, 9.17) is 9.47 Å². The lowest BCUT2D eigenvalue weighted by Gasteiger charge is -2.30. The first-order valence-corrected chi connectivity index (χ1v) is 11.1. The van der Waals surface area contributed by atoms with E-state index in [1.54, 1.807) is 18.2 Å². The van der Waals surface area contributed by atoms with E-state index < -0.39 is 28.1 Å². The number of sulfonamides is 1. The molecule has 0 aliphatic carbocycles. The highest BCUT2D eigenvalue weighted by molar-refractivity contribution is 7.89. The van der Waals surface area contributed by atoms with E-state index in [1.165, 1.54) is 12.1 Å². The number of hydrogen-bond donors (Lipinski definition) is 1. The Labute approximate surface area is 181 Å². The van der Waals surface area contributed by atoms with Crippen LogP contribution in [0.2, 0.25) is 0 Å². The summed E-state index contributed by atoms with van der Waals surface area (Å²) in [5.74, 6) is -0.156. The van der Waals surface area contributed by atoms with E-state index in [0.29, 0.717) is 17.2 Å². The van der Waals surface area contributed by atoms with Crippen LogP contribution in [0.3, 0.4) is 0 Å². The molecule has 0 bridgehead atoms. The Morgan fingerprint density at radius 3 is 2.50 bits per heavy atom. The van der Waals surface area contributed by atoms with E-state index in [0.717, 1.165) is 16.4 Å². The van der Waals surface area contributed by atoms with Crippen LogP contribution in [0.4, 0.5) is 18.9 Å². The number of halogens is 3. The fourth-order valence-corrected chi connectivity index (χ4v) is 5.06. The molecule has 172 valence electrons. The van der Waals surface area contributed by atoms with Crippen molar-refractivity contribution in [2.24, 2.45) is 5.92 Å². The summed E-state index contributed by atoms with van der Waals surface area (Å²) in [6, 6.07) is 9.26. The molecule has 0 radical (unpaired) electrons. The first-order valence-electron chi connectivity index (χ1n) is 9.68.